The molecule has 0 spiro atoms. The van der Waals surface area contributed by atoms with Gasteiger partial charge in [0.2, 0.25) is 0 Å². The molecule has 1 aliphatic rings. The van der Waals surface area contributed by atoms with E-state index in [1.807, 2.05) is 18.2 Å². The molecule has 0 atom stereocenters. The summed E-state index contributed by atoms with van der Waals surface area (Å²) in [6.07, 6.45) is 1.66. The summed E-state index contributed by atoms with van der Waals surface area (Å²) in [6, 6.07) is 8.50. The summed E-state index contributed by atoms with van der Waals surface area (Å²) in [5.74, 6) is 0.713. The maximum atomic E-state index is 13.0. The van der Waals surface area contributed by atoms with Gasteiger partial charge in [0, 0.05) is 38.1 Å². The first kappa shape index (κ1) is 14.6. The smallest absolute Gasteiger partial charge is 0.143 e. The van der Waals surface area contributed by atoms with Crippen LogP contribution >= 0.6 is 27.5 Å². The highest BCUT2D eigenvalue weighted by Crippen LogP contribution is 2.28. The first-order valence-corrected chi connectivity index (χ1v) is 7.87. The molecule has 0 N–H and O–H groups in total. The SMILES string of the molecule is Fc1ccc(N2CCN(c3ncc(Cl)cc3Br)CC2)cc1. The fraction of sp³-hybridized carbons (Fsp3) is 0.267. The fourth-order valence-electron chi connectivity index (χ4n) is 2.47. The lowest BCUT2D eigenvalue weighted by Gasteiger charge is -2.37. The van der Waals surface area contributed by atoms with Gasteiger partial charge in [-0.25, -0.2) is 9.37 Å². The largest absolute Gasteiger partial charge is 0.368 e. The molecule has 2 heterocycles. The zero-order valence-corrected chi connectivity index (χ0v) is 13.6. The summed E-state index contributed by atoms with van der Waals surface area (Å²) in [6.45, 7) is 3.49. The van der Waals surface area contributed by atoms with Crippen molar-refractivity contribution in [1.82, 2.24) is 4.98 Å². The fourth-order valence-corrected chi connectivity index (χ4v) is 3.36. The van der Waals surface area contributed by atoms with E-state index in [2.05, 4.69) is 30.7 Å². The predicted octanol–water partition coefficient (Wildman–Crippen LogP) is 3.96. The number of anilines is 2. The predicted molar refractivity (Wildman–Crippen MR) is 87.8 cm³/mol. The minimum absolute atomic E-state index is 0.202. The van der Waals surface area contributed by atoms with Crippen LogP contribution in [0, 0.1) is 5.82 Å². The average molecular weight is 371 g/mol. The van der Waals surface area contributed by atoms with Gasteiger partial charge in [0.05, 0.1) is 9.50 Å². The number of halogens is 3. The summed E-state index contributed by atoms with van der Waals surface area (Å²) < 4.78 is 13.9. The number of aromatic nitrogens is 1. The second kappa shape index (κ2) is 6.20. The number of piperazine rings is 1. The third-order valence-electron chi connectivity index (χ3n) is 3.56. The summed E-state index contributed by atoms with van der Waals surface area (Å²) in [5.41, 5.74) is 1.05. The van der Waals surface area contributed by atoms with Crippen molar-refractivity contribution in [2.75, 3.05) is 36.0 Å². The first-order chi connectivity index (χ1) is 10.1. The maximum Gasteiger partial charge on any atom is 0.143 e. The maximum absolute atomic E-state index is 13.0. The Morgan fingerprint density at radius 2 is 1.67 bits per heavy atom. The lowest BCUT2D eigenvalue weighted by atomic mass is 10.2. The van der Waals surface area contributed by atoms with Crippen LogP contribution in [0.25, 0.3) is 0 Å². The topological polar surface area (TPSA) is 19.4 Å². The van der Waals surface area contributed by atoms with E-state index in [0.29, 0.717) is 5.02 Å². The molecule has 0 unspecified atom stereocenters. The van der Waals surface area contributed by atoms with Gasteiger partial charge in [-0.1, -0.05) is 11.6 Å². The van der Waals surface area contributed by atoms with Crippen molar-refractivity contribution < 1.29 is 4.39 Å². The van der Waals surface area contributed by atoms with Gasteiger partial charge in [-0.2, -0.15) is 0 Å². The van der Waals surface area contributed by atoms with E-state index in [4.69, 9.17) is 11.6 Å². The monoisotopic (exact) mass is 369 g/mol. The second-order valence-electron chi connectivity index (χ2n) is 4.91. The van der Waals surface area contributed by atoms with Crippen molar-refractivity contribution in [2.24, 2.45) is 0 Å². The van der Waals surface area contributed by atoms with Crippen molar-refractivity contribution in [2.45, 2.75) is 0 Å². The van der Waals surface area contributed by atoms with E-state index >= 15 is 0 Å². The Labute approximate surface area is 136 Å². The van der Waals surface area contributed by atoms with E-state index in [1.165, 1.54) is 12.1 Å². The van der Waals surface area contributed by atoms with E-state index in [0.717, 1.165) is 42.2 Å². The summed E-state index contributed by atoms with van der Waals surface area (Å²) in [5, 5.41) is 0.621. The molecule has 3 nitrogen and oxygen atoms in total. The van der Waals surface area contributed by atoms with Crippen molar-refractivity contribution >= 4 is 39.0 Å². The van der Waals surface area contributed by atoms with Gasteiger partial charge >= 0.3 is 0 Å². The van der Waals surface area contributed by atoms with Crippen LogP contribution in [-0.4, -0.2) is 31.2 Å². The molecule has 1 fully saturated rings. The van der Waals surface area contributed by atoms with Gasteiger partial charge in [0.1, 0.15) is 11.6 Å². The lowest BCUT2D eigenvalue weighted by molar-refractivity contribution is 0.624. The second-order valence-corrected chi connectivity index (χ2v) is 6.20. The van der Waals surface area contributed by atoms with Gasteiger partial charge in [-0.3, -0.25) is 0 Å². The Morgan fingerprint density at radius 3 is 2.29 bits per heavy atom. The standard InChI is InChI=1S/C15H14BrClFN3/c16-14-9-11(17)10-19-15(14)21-7-5-20(6-8-21)13-3-1-12(18)2-4-13/h1-4,9-10H,5-8H2. The molecule has 6 heteroatoms. The Morgan fingerprint density at radius 1 is 1.05 bits per heavy atom. The summed E-state index contributed by atoms with van der Waals surface area (Å²) >= 11 is 9.43. The highest BCUT2D eigenvalue weighted by Gasteiger charge is 2.20. The number of rotatable bonds is 2. The Balaban J connectivity index is 1.68. The van der Waals surface area contributed by atoms with Crippen LogP contribution in [0.3, 0.4) is 0 Å². The van der Waals surface area contributed by atoms with Gasteiger partial charge in [-0.15, -0.1) is 0 Å². The van der Waals surface area contributed by atoms with Crippen LogP contribution in [0.1, 0.15) is 0 Å². The molecule has 1 aromatic carbocycles. The molecule has 2 aromatic rings. The molecule has 1 aliphatic heterocycles. The molecule has 0 bridgehead atoms. The van der Waals surface area contributed by atoms with Crippen LogP contribution in [0.15, 0.2) is 41.0 Å². The van der Waals surface area contributed by atoms with Crippen molar-refractivity contribution in [3.05, 3.63) is 51.8 Å². The van der Waals surface area contributed by atoms with Crippen LogP contribution in [0.5, 0.6) is 0 Å². The number of hydrogen-bond donors (Lipinski definition) is 0. The van der Waals surface area contributed by atoms with E-state index in [-0.39, 0.29) is 5.82 Å². The highest BCUT2D eigenvalue weighted by atomic mass is 79.9. The minimum atomic E-state index is -0.202. The Bertz CT molecular complexity index is 627. The molecule has 0 radical (unpaired) electrons. The minimum Gasteiger partial charge on any atom is -0.368 e. The molecule has 21 heavy (non-hydrogen) atoms. The first-order valence-electron chi connectivity index (χ1n) is 6.70. The third-order valence-corrected chi connectivity index (χ3v) is 4.35. The van der Waals surface area contributed by atoms with Gasteiger partial charge < -0.3 is 9.80 Å². The van der Waals surface area contributed by atoms with Crippen molar-refractivity contribution in [1.29, 1.82) is 0 Å². The number of nitrogens with zero attached hydrogens (tertiary/aromatic N) is 3. The molecule has 3 rings (SSSR count). The highest BCUT2D eigenvalue weighted by molar-refractivity contribution is 9.10. The molecule has 0 amide bonds. The summed E-state index contributed by atoms with van der Waals surface area (Å²) in [7, 11) is 0. The van der Waals surface area contributed by atoms with Crippen LogP contribution in [0.2, 0.25) is 5.02 Å². The van der Waals surface area contributed by atoms with Crippen LogP contribution < -0.4 is 9.80 Å². The van der Waals surface area contributed by atoms with Crippen LogP contribution in [-0.2, 0) is 0 Å². The van der Waals surface area contributed by atoms with Crippen molar-refractivity contribution in [3.8, 4) is 0 Å². The number of pyridine rings is 1. The number of benzene rings is 1. The zero-order chi connectivity index (χ0) is 14.8. The van der Waals surface area contributed by atoms with Gasteiger partial charge in [0.15, 0.2) is 0 Å². The summed E-state index contributed by atoms with van der Waals surface area (Å²) in [4.78, 5) is 8.86. The Kier molecular flexibility index (Phi) is 4.31. The quantitative estimate of drug-likeness (QED) is 0.797. The Hall–Kier alpha value is -1.33. The lowest BCUT2D eigenvalue weighted by Crippen LogP contribution is -2.47. The normalized spacial score (nSPS) is 15.4. The molecule has 1 aromatic heterocycles. The van der Waals surface area contributed by atoms with E-state index in [1.54, 1.807) is 6.20 Å². The molecule has 0 aliphatic carbocycles. The van der Waals surface area contributed by atoms with Crippen LogP contribution in [0.4, 0.5) is 15.9 Å². The molecule has 1 saturated heterocycles. The van der Waals surface area contributed by atoms with Crippen molar-refractivity contribution in [3.63, 3.8) is 0 Å². The van der Waals surface area contributed by atoms with Gasteiger partial charge in [-0.05, 0) is 46.3 Å². The van der Waals surface area contributed by atoms with E-state index in [9.17, 15) is 4.39 Å². The number of hydrogen-bond acceptors (Lipinski definition) is 3. The van der Waals surface area contributed by atoms with E-state index < -0.39 is 0 Å². The molecule has 110 valence electrons. The zero-order valence-electron chi connectivity index (χ0n) is 11.3. The van der Waals surface area contributed by atoms with Gasteiger partial charge in [0.25, 0.3) is 0 Å². The average Bonchev–Trinajstić information content (AvgIpc) is 2.48. The molecular weight excluding hydrogens is 357 g/mol. The third kappa shape index (κ3) is 3.30. The molecular formula is C15H14BrClFN3. The molecule has 0 saturated carbocycles.